The molecule has 0 fully saturated rings. The normalized spacial score (nSPS) is 11.8. The Hall–Kier alpha value is -7.96. The topological polar surface area (TPSA) is 46.1 Å². The summed E-state index contributed by atoms with van der Waals surface area (Å²) in [5.41, 5.74) is 27.0. The van der Waals surface area contributed by atoms with Gasteiger partial charge in [-0.2, -0.15) is 24.3 Å². The number of hydrogen-bond donors (Lipinski definition) is 0. The van der Waals surface area contributed by atoms with Crippen LogP contribution in [-0.2, 0) is 117 Å². The maximum atomic E-state index is 11.7. The Kier molecular flexibility index (Phi) is 36.3. The molecule has 0 bridgehead atoms. The van der Waals surface area contributed by atoms with Gasteiger partial charge < -0.3 is 22.6 Å². The Morgan fingerprint density at radius 1 is 0.264 bits per heavy atom. The Balaban J connectivity index is 0.000000223. The number of halogens is 1. The van der Waals surface area contributed by atoms with E-state index in [1.165, 1.54) is 171 Å². The molecule has 0 unspecified atom stereocenters. The van der Waals surface area contributed by atoms with Crippen LogP contribution in [0.5, 0.6) is 11.5 Å². The van der Waals surface area contributed by atoms with Crippen LogP contribution in [0.15, 0.2) is 255 Å². The van der Waals surface area contributed by atoms with E-state index in [1.54, 1.807) is 36.4 Å². The molecule has 14 aromatic carbocycles. The van der Waals surface area contributed by atoms with Crippen LogP contribution in [0.4, 0.5) is 0 Å². The molecule has 0 N–H and O–H groups in total. The summed E-state index contributed by atoms with van der Waals surface area (Å²) in [5, 5.41) is 34.4. The molecule has 0 heterocycles. The molecule has 0 radical (unpaired) electrons. The number of rotatable bonds is 8. The third-order valence-corrected chi connectivity index (χ3v) is 22.4. The van der Waals surface area contributed by atoms with Crippen molar-refractivity contribution in [2.45, 2.75) is 277 Å². The molecule has 5 heteroatoms. The van der Waals surface area contributed by atoms with E-state index in [9.17, 15) is 10.2 Å². The molecular formula is C116H142ClO2Zr2-3. The van der Waals surface area contributed by atoms with Crippen molar-refractivity contribution in [1.82, 2.24) is 0 Å². The smallest absolute Gasteiger partial charge is 1.00 e. The quantitative estimate of drug-likeness (QED) is 0.142. The molecule has 2 nitrogen and oxygen atoms in total. The minimum absolute atomic E-state index is 0. The summed E-state index contributed by atoms with van der Waals surface area (Å²) in [6.45, 7) is 65.7. The zero-order valence-corrected chi connectivity index (χ0v) is 85.2. The van der Waals surface area contributed by atoms with Gasteiger partial charge >= 0.3 is 69.7 Å². The van der Waals surface area contributed by atoms with Gasteiger partial charge in [-0.15, -0.1) is 150 Å². The SMILES string of the molecule is CC(C)(C)c1ccc([O-])c(C(C)(C)C)c1.CC(C)(C)c1ccc([O-])c(C(C)(C)C)c1.CCc1cc2c(-c3ccc(C(C)(C)C)cc3)cccc2[cH-]1.CCc1cc2c(-c3ccc(C(C)(C)C)cc3)cccc2[cH-]1.CCc1cc2c(-c3ccc(C(C)(C)C)cc3)cccc2[cH-]1.CCc1cc2c(-c3ccc(C(C)(C)C)cc3)cccc2[cH-]1.C[C](C)=[Zr+2].[CH2]=[Zr+2].[Cl-]. The van der Waals surface area contributed by atoms with E-state index in [2.05, 4.69) is 442 Å². The van der Waals surface area contributed by atoms with Crippen LogP contribution in [0.1, 0.15) is 274 Å². The van der Waals surface area contributed by atoms with Gasteiger partial charge in [-0.1, -0.05) is 385 Å². The maximum absolute atomic E-state index is 11.7. The third kappa shape index (κ3) is 28.5. The molecular weight excluding hydrogens is 1640 g/mol. The van der Waals surface area contributed by atoms with Gasteiger partial charge in [0.05, 0.1) is 0 Å². The van der Waals surface area contributed by atoms with Gasteiger partial charge in [-0.3, -0.25) is 0 Å². The maximum Gasteiger partial charge on any atom is -1.00 e. The van der Waals surface area contributed by atoms with Crippen molar-refractivity contribution in [3.8, 4) is 56.0 Å². The van der Waals surface area contributed by atoms with E-state index < -0.39 is 0 Å². The summed E-state index contributed by atoms with van der Waals surface area (Å²) in [7, 11) is 0. The molecule has 0 saturated heterocycles. The van der Waals surface area contributed by atoms with Crippen LogP contribution in [0.2, 0.25) is 0 Å². The second-order valence-electron chi connectivity index (χ2n) is 40.8. The predicted octanol–water partition coefficient (Wildman–Crippen LogP) is 28.8. The number of fused-ring (bicyclic) bond motifs is 4. The van der Waals surface area contributed by atoms with E-state index in [0.29, 0.717) is 0 Å². The second-order valence-corrected chi connectivity index (χ2v) is 43.3. The molecule has 0 aliphatic carbocycles. The fourth-order valence-corrected chi connectivity index (χ4v) is 14.8. The van der Waals surface area contributed by atoms with Gasteiger partial charge in [0.15, 0.2) is 0 Å². The molecule has 14 rings (SSSR count). The molecule has 0 saturated carbocycles. The summed E-state index contributed by atoms with van der Waals surface area (Å²) < 4.78 is 4.85. The number of benzene rings is 10. The van der Waals surface area contributed by atoms with Crippen LogP contribution in [-0.4, -0.2) is 7.42 Å². The first-order valence-corrected chi connectivity index (χ1v) is 46.6. The fraction of sp³-hybridized carbons (Fsp3) is 0.362. The van der Waals surface area contributed by atoms with Crippen molar-refractivity contribution in [2.24, 2.45) is 0 Å². The monoisotopic (exact) mass is 1780 g/mol. The van der Waals surface area contributed by atoms with Gasteiger partial charge in [-0.25, -0.2) is 0 Å². The Morgan fingerprint density at radius 3 is 0.595 bits per heavy atom. The van der Waals surface area contributed by atoms with Crippen LogP contribution in [0.25, 0.3) is 87.6 Å². The molecule has 14 aromatic rings. The van der Waals surface area contributed by atoms with Gasteiger partial charge in [0, 0.05) is 0 Å². The summed E-state index contributed by atoms with van der Waals surface area (Å²) in [6.07, 6.45) is 4.38. The van der Waals surface area contributed by atoms with Crippen LogP contribution < -0.4 is 22.6 Å². The van der Waals surface area contributed by atoms with Crippen molar-refractivity contribution in [1.29, 1.82) is 0 Å². The average molecular weight is 1790 g/mol. The zero-order valence-electron chi connectivity index (χ0n) is 79.5. The van der Waals surface area contributed by atoms with Crippen molar-refractivity contribution in [3.05, 3.63) is 322 Å². The van der Waals surface area contributed by atoms with E-state index in [1.807, 2.05) is 12.1 Å². The van der Waals surface area contributed by atoms with Crippen molar-refractivity contribution in [2.75, 3.05) is 0 Å². The van der Waals surface area contributed by atoms with Crippen LogP contribution >= 0.6 is 0 Å². The Bertz CT molecular complexity index is 4980. The summed E-state index contributed by atoms with van der Waals surface area (Å²) in [5.74, 6) is 0.297. The van der Waals surface area contributed by atoms with Crippen LogP contribution in [0.3, 0.4) is 0 Å². The van der Waals surface area contributed by atoms with Crippen LogP contribution in [0, 0.1) is 0 Å². The molecule has 121 heavy (non-hydrogen) atoms. The number of aryl methyl sites for hydroxylation is 4. The Morgan fingerprint density at radius 2 is 0.438 bits per heavy atom. The van der Waals surface area contributed by atoms with Crippen molar-refractivity contribution in [3.63, 3.8) is 0 Å². The minimum atomic E-state index is -0.0711. The average Bonchev–Trinajstić information content (AvgIpc) is 1.64. The molecule has 0 atom stereocenters. The fourth-order valence-electron chi connectivity index (χ4n) is 14.8. The van der Waals surface area contributed by atoms with E-state index in [0.717, 1.165) is 36.8 Å². The molecule has 0 aliphatic heterocycles. The van der Waals surface area contributed by atoms with E-state index >= 15 is 0 Å². The second kappa shape index (κ2) is 43.1. The van der Waals surface area contributed by atoms with Gasteiger partial charge in [0.1, 0.15) is 0 Å². The number of hydrogen-bond acceptors (Lipinski definition) is 2. The van der Waals surface area contributed by atoms with E-state index in [-0.39, 0.29) is 67.2 Å². The van der Waals surface area contributed by atoms with Gasteiger partial charge in [-0.05, 0) is 125 Å². The zero-order chi connectivity index (χ0) is 89.4. The molecule has 636 valence electrons. The third-order valence-electron chi connectivity index (χ3n) is 22.4. The van der Waals surface area contributed by atoms with Gasteiger partial charge in [0.25, 0.3) is 0 Å². The first kappa shape index (κ1) is 102. The standard InChI is InChI=1S/4C21H23.2C14H22O.C3H6.CH2.ClH.2Zr/c4*1-5-15-13-17-7-6-8-19(20(17)14-15)16-9-11-18(12-10-16)21(2,3)4;2*1-13(2,3)10-7-8-12(15)11(9-10)14(4,5)6;1-3-2;;;;/h4*6-14H,5H2,1-4H3;2*7-9,15H,1-6H3;1-2H3;1H2;1H;;/q4*-1;;;;;;2*+2/p-3. The summed E-state index contributed by atoms with van der Waals surface area (Å²) in [4.78, 5) is 0. The predicted molar refractivity (Wildman–Crippen MR) is 522 cm³/mol. The van der Waals surface area contributed by atoms with Crippen molar-refractivity contribution >= 4 is 50.5 Å². The summed E-state index contributed by atoms with van der Waals surface area (Å²) >= 11 is 2.85. The summed E-state index contributed by atoms with van der Waals surface area (Å²) in [6, 6.07) is 92.5. The first-order chi connectivity index (χ1) is 55.9. The molecule has 0 spiro atoms. The first-order valence-electron chi connectivity index (χ1n) is 43.6. The largest absolute Gasteiger partial charge is 1.00 e. The molecule has 0 aromatic heterocycles. The Labute approximate surface area is 769 Å². The van der Waals surface area contributed by atoms with E-state index in [4.69, 9.17) is 0 Å². The minimum Gasteiger partial charge on any atom is -1.00 e. The molecule has 0 aliphatic rings. The van der Waals surface area contributed by atoms with Gasteiger partial charge in [0.2, 0.25) is 0 Å². The van der Waals surface area contributed by atoms with Crippen molar-refractivity contribution < 1.29 is 71.1 Å². The molecule has 0 amide bonds.